The number of methoxy groups -OCH3 is 2. The molecule has 3 aromatic rings. The van der Waals surface area contributed by atoms with Crippen LogP contribution in [0.5, 0.6) is 11.5 Å². The van der Waals surface area contributed by atoms with E-state index in [0.29, 0.717) is 11.5 Å². The van der Waals surface area contributed by atoms with Crippen LogP contribution in [0.1, 0.15) is 24.0 Å². The SMILES string of the molecule is COc1cc2c(cc1OC)C(=NNC(=O)CSc1cccc3cccnc13)CCC2. The summed E-state index contributed by atoms with van der Waals surface area (Å²) in [6, 6.07) is 13.8. The van der Waals surface area contributed by atoms with Crippen LogP contribution in [0, 0.1) is 0 Å². The Hall–Kier alpha value is -3.06. The molecule has 0 unspecified atom stereocenters. The number of nitrogens with one attached hydrogen (secondary N) is 1. The Morgan fingerprint density at radius 3 is 2.77 bits per heavy atom. The van der Waals surface area contributed by atoms with Gasteiger partial charge in [-0.05, 0) is 49.1 Å². The van der Waals surface area contributed by atoms with Gasteiger partial charge in [-0.1, -0.05) is 18.2 Å². The molecule has 1 aromatic heterocycles. The van der Waals surface area contributed by atoms with E-state index in [1.807, 2.05) is 42.5 Å². The maximum absolute atomic E-state index is 12.4. The number of carbonyl (C=O) groups is 1. The smallest absolute Gasteiger partial charge is 0.250 e. The fraction of sp³-hybridized carbons (Fsp3) is 0.261. The Bertz CT molecular complexity index is 1110. The standard InChI is InChI=1S/C23H23N3O3S/c1-28-19-12-16-7-3-9-18(17(16)13-20(19)29-2)25-26-22(27)14-30-21-10-4-6-15-8-5-11-24-23(15)21/h4-6,8,10-13H,3,7,9,14H2,1-2H3,(H,26,27). The van der Waals surface area contributed by atoms with Crippen LogP contribution in [0.4, 0.5) is 0 Å². The Balaban J connectivity index is 1.46. The normalized spacial score (nSPS) is 14.4. The quantitative estimate of drug-likeness (QED) is 0.477. The van der Waals surface area contributed by atoms with E-state index in [2.05, 4.69) is 15.5 Å². The van der Waals surface area contributed by atoms with Gasteiger partial charge in [-0.15, -0.1) is 11.8 Å². The molecule has 4 rings (SSSR count). The van der Waals surface area contributed by atoms with E-state index in [-0.39, 0.29) is 11.7 Å². The van der Waals surface area contributed by atoms with Gasteiger partial charge in [-0.3, -0.25) is 9.78 Å². The molecule has 0 atom stereocenters. The van der Waals surface area contributed by atoms with Crippen LogP contribution in [-0.2, 0) is 11.2 Å². The van der Waals surface area contributed by atoms with Gasteiger partial charge in [0.15, 0.2) is 11.5 Å². The van der Waals surface area contributed by atoms with E-state index in [1.54, 1.807) is 20.4 Å². The van der Waals surface area contributed by atoms with Crippen LogP contribution in [0.25, 0.3) is 10.9 Å². The summed E-state index contributed by atoms with van der Waals surface area (Å²) in [6.07, 6.45) is 4.51. The van der Waals surface area contributed by atoms with Crippen LogP contribution < -0.4 is 14.9 Å². The molecule has 30 heavy (non-hydrogen) atoms. The van der Waals surface area contributed by atoms with Gasteiger partial charge in [0, 0.05) is 22.0 Å². The van der Waals surface area contributed by atoms with Crippen LogP contribution in [0.3, 0.4) is 0 Å². The summed E-state index contributed by atoms with van der Waals surface area (Å²) in [6.45, 7) is 0. The lowest BCUT2D eigenvalue weighted by Crippen LogP contribution is -2.23. The third kappa shape index (κ3) is 4.26. The number of thioether (sulfide) groups is 1. The third-order valence-corrected chi connectivity index (χ3v) is 6.10. The largest absolute Gasteiger partial charge is 0.493 e. The fourth-order valence-corrected chi connectivity index (χ4v) is 4.42. The van der Waals surface area contributed by atoms with Crippen LogP contribution in [0.15, 0.2) is 58.7 Å². The molecule has 0 bridgehead atoms. The topological polar surface area (TPSA) is 72.8 Å². The summed E-state index contributed by atoms with van der Waals surface area (Å²) >= 11 is 1.46. The number of benzene rings is 2. The van der Waals surface area contributed by atoms with Crippen LogP contribution in [0.2, 0.25) is 0 Å². The first kappa shape index (κ1) is 20.2. The van der Waals surface area contributed by atoms with Gasteiger partial charge in [0.2, 0.25) is 5.91 Å². The first-order valence-electron chi connectivity index (χ1n) is 9.77. The number of nitrogens with zero attached hydrogens (tertiary/aromatic N) is 2. The molecule has 7 heteroatoms. The monoisotopic (exact) mass is 421 g/mol. The number of amides is 1. The average Bonchev–Trinajstić information content (AvgIpc) is 2.80. The van der Waals surface area contributed by atoms with E-state index >= 15 is 0 Å². The molecule has 2 aromatic carbocycles. The van der Waals surface area contributed by atoms with Gasteiger partial charge in [0.25, 0.3) is 0 Å². The van der Waals surface area contributed by atoms with E-state index in [4.69, 9.17) is 9.47 Å². The number of fused-ring (bicyclic) bond motifs is 2. The molecule has 0 radical (unpaired) electrons. The predicted octanol–water partition coefficient (Wildman–Crippen LogP) is 4.20. The van der Waals surface area contributed by atoms with Crippen molar-refractivity contribution in [2.45, 2.75) is 24.2 Å². The van der Waals surface area contributed by atoms with E-state index in [9.17, 15) is 4.79 Å². The Kier molecular flexibility index (Phi) is 6.18. The van der Waals surface area contributed by atoms with Crippen molar-refractivity contribution in [2.75, 3.05) is 20.0 Å². The maximum Gasteiger partial charge on any atom is 0.250 e. The Labute approximate surface area is 179 Å². The minimum absolute atomic E-state index is 0.145. The van der Waals surface area contributed by atoms with Crippen molar-refractivity contribution in [3.05, 3.63) is 59.8 Å². The first-order chi connectivity index (χ1) is 14.7. The molecule has 154 valence electrons. The number of carbonyl (C=O) groups excluding carboxylic acids is 1. The predicted molar refractivity (Wildman–Crippen MR) is 120 cm³/mol. The number of ether oxygens (including phenoxy) is 2. The van der Waals surface area contributed by atoms with Crippen molar-refractivity contribution in [2.24, 2.45) is 5.10 Å². The number of hydrazone groups is 1. The molecule has 0 fully saturated rings. The van der Waals surface area contributed by atoms with Crippen molar-refractivity contribution in [1.29, 1.82) is 0 Å². The van der Waals surface area contributed by atoms with Crippen LogP contribution >= 0.6 is 11.8 Å². The summed E-state index contributed by atoms with van der Waals surface area (Å²) in [5.74, 6) is 1.50. The van der Waals surface area contributed by atoms with Gasteiger partial charge in [0.05, 0.1) is 31.2 Å². The van der Waals surface area contributed by atoms with Crippen molar-refractivity contribution in [3.8, 4) is 11.5 Å². The number of para-hydroxylation sites is 1. The van der Waals surface area contributed by atoms with Gasteiger partial charge < -0.3 is 9.47 Å². The zero-order valence-corrected chi connectivity index (χ0v) is 17.8. The molecular formula is C23H23N3O3S. The molecule has 1 aliphatic rings. The number of aromatic nitrogens is 1. The van der Waals surface area contributed by atoms with Crippen molar-refractivity contribution in [3.63, 3.8) is 0 Å². The number of rotatable bonds is 6. The molecule has 0 saturated carbocycles. The van der Waals surface area contributed by atoms with Crippen molar-refractivity contribution >= 4 is 34.3 Å². The highest BCUT2D eigenvalue weighted by molar-refractivity contribution is 8.00. The number of aryl methyl sites for hydroxylation is 1. The van der Waals surface area contributed by atoms with Gasteiger partial charge in [-0.2, -0.15) is 5.10 Å². The van der Waals surface area contributed by atoms with Crippen molar-refractivity contribution in [1.82, 2.24) is 10.4 Å². The number of pyridine rings is 1. The molecular weight excluding hydrogens is 398 g/mol. The van der Waals surface area contributed by atoms with Crippen molar-refractivity contribution < 1.29 is 14.3 Å². The highest BCUT2D eigenvalue weighted by atomic mass is 32.2. The molecule has 0 saturated heterocycles. The molecule has 1 heterocycles. The van der Waals surface area contributed by atoms with Gasteiger partial charge in [-0.25, -0.2) is 5.43 Å². The second-order valence-corrected chi connectivity index (χ2v) is 7.95. The maximum atomic E-state index is 12.4. The molecule has 1 aliphatic carbocycles. The molecule has 0 spiro atoms. The fourth-order valence-electron chi connectivity index (χ4n) is 3.59. The highest BCUT2D eigenvalue weighted by Gasteiger charge is 2.20. The molecule has 1 N–H and O–H groups in total. The zero-order valence-electron chi connectivity index (χ0n) is 17.0. The first-order valence-corrected chi connectivity index (χ1v) is 10.8. The lowest BCUT2D eigenvalue weighted by Gasteiger charge is -2.20. The number of hydrogen-bond acceptors (Lipinski definition) is 6. The Morgan fingerprint density at radius 1 is 1.13 bits per heavy atom. The summed E-state index contributed by atoms with van der Waals surface area (Å²) in [4.78, 5) is 17.8. The molecule has 1 amide bonds. The minimum atomic E-state index is -0.145. The lowest BCUT2D eigenvalue weighted by atomic mass is 9.89. The van der Waals surface area contributed by atoms with Gasteiger partial charge in [0.1, 0.15) is 0 Å². The molecule has 0 aliphatic heterocycles. The summed E-state index contributed by atoms with van der Waals surface area (Å²) in [5.41, 5.74) is 6.65. The van der Waals surface area contributed by atoms with Crippen LogP contribution in [-0.4, -0.2) is 36.6 Å². The van der Waals surface area contributed by atoms with Gasteiger partial charge >= 0.3 is 0 Å². The van der Waals surface area contributed by atoms with E-state index in [1.165, 1.54) is 11.8 Å². The number of hydrogen-bond donors (Lipinski definition) is 1. The summed E-state index contributed by atoms with van der Waals surface area (Å²) in [5, 5.41) is 5.48. The Morgan fingerprint density at radius 2 is 1.93 bits per heavy atom. The second kappa shape index (κ2) is 9.17. The minimum Gasteiger partial charge on any atom is -0.493 e. The summed E-state index contributed by atoms with van der Waals surface area (Å²) in [7, 11) is 3.25. The van der Waals surface area contributed by atoms with E-state index in [0.717, 1.165) is 51.9 Å². The summed E-state index contributed by atoms with van der Waals surface area (Å²) < 4.78 is 10.8. The second-order valence-electron chi connectivity index (χ2n) is 6.93. The highest BCUT2D eigenvalue weighted by Crippen LogP contribution is 2.34. The lowest BCUT2D eigenvalue weighted by molar-refractivity contribution is -0.118. The van der Waals surface area contributed by atoms with E-state index < -0.39 is 0 Å². The zero-order chi connectivity index (χ0) is 20.9. The molecule has 6 nitrogen and oxygen atoms in total. The third-order valence-electron chi connectivity index (χ3n) is 5.05. The average molecular weight is 422 g/mol.